The van der Waals surface area contributed by atoms with E-state index in [-0.39, 0.29) is 6.10 Å². The first-order chi connectivity index (χ1) is 6.33. The van der Waals surface area contributed by atoms with Gasteiger partial charge in [-0.1, -0.05) is 6.92 Å². The van der Waals surface area contributed by atoms with Crippen LogP contribution in [0.25, 0.3) is 0 Å². The van der Waals surface area contributed by atoms with Crippen molar-refractivity contribution in [3.63, 3.8) is 0 Å². The first-order valence-electron chi connectivity index (χ1n) is 5.16. The molecule has 0 aliphatic carbocycles. The van der Waals surface area contributed by atoms with Crippen LogP contribution in [0.2, 0.25) is 0 Å². The Morgan fingerprint density at radius 3 is 3.08 bits per heavy atom. The molecule has 1 aliphatic heterocycles. The summed E-state index contributed by atoms with van der Waals surface area (Å²) in [4.78, 5) is 0. The summed E-state index contributed by atoms with van der Waals surface area (Å²) in [6.45, 7) is 4.96. The van der Waals surface area contributed by atoms with Gasteiger partial charge in [-0.2, -0.15) is 0 Å². The quantitative estimate of drug-likeness (QED) is 0.637. The van der Waals surface area contributed by atoms with Crippen molar-refractivity contribution in [2.24, 2.45) is 5.92 Å². The topological polar surface area (TPSA) is 38.7 Å². The second-order valence-electron chi connectivity index (χ2n) is 3.69. The van der Waals surface area contributed by atoms with Crippen LogP contribution in [0, 0.1) is 5.92 Å². The van der Waals surface area contributed by atoms with E-state index in [0.29, 0.717) is 12.5 Å². The molecular weight excluding hydrogens is 168 g/mol. The normalized spacial score (nSPS) is 24.9. The van der Waals surface area contributed by atoms with E-state index in [9.17, 15) is 5.11 Å². The van der Waals surface area contributed by atoms with Gasteiger partial charge in [0.05, 0.1) is 12.7 Å². The lowest BCUT2D eigenvalue weighted by molar-refractivity contribution is 0.0233. The summed E-state index contributed by atoms with van der Waals surface area (Å²) in [6.07, 6.45) is 2.62. The number of rotatable bonds is 6. The molecule has 1 heterocycles. The fourth-order valence-corrected chi connectivity index (χ4v) is 1.59. The summed E-state index contributed by atoms with van der Waals surface area (Å²) in [5, 5.41) is 9.56. The monoisotopic (exact) mass is 188 g/mol. The predicted molar refractivity (Wildman–Crippen MR) is 50.7 cm³/mol. The van der Waals surface area contributed by atoms with E-state index in [1.807, 2.05) is 0 Å². The number of ether oxygens (including phenoxy) is 2. The highest BCUT2D eigenvalue weighted by Crippen LogP contribution is 2.18. The van der Waals surface area contributed by atoms with Crippen molar-refractivity contribution in [3.05, 3.63) is 0 Å². The van der Waals surface area contributed by atoms with Gasteiger partial charge < -0.3 is 14.6 Å². The first-order valence-corrected chi connectivity index (χ1v) is 5.16. The van der Waals surface area contributed by atoms with Crippen molar-refractivity contribution < 1.29 is 14.6 Å². The molecule has 0 radical (unpaired) electrons. The van der Waals surface area contributed by atoms with Crippen LogP contribution in [0.4, 0.5) is 0 Å². The summed E-state index contributed by atoms with van der Waals surface area (Å²) in [5.74, 6) is 0.542. The van der Waals surface area contributed by atoms with Crippen LogP contribution in [0.1, 0.15) is 26.2 Å². The largest absolute Gasteiger partial charge is 0.391 e. The van der Waals surface area contributed by atoms with Crippen molar-refractivity contribution in [1.82, 2.24) is 0 Å². The fraction of sp³-hybridized carbons (Fsp3) is 1.00. The Labute approximate surface area is 80.0 Å². The molecule has 0 saturated carbocycles. The molecule has 0 bridgehead atoms. The summed E-state index contributed by atoms with van der Waals surface area (Å²) in [5.41, 5.74) is 0. The zero-order chi connectivity index (χ0) is 9.52. The third kappa shape index (κ3) is 4.60. The molecule has 0 spiro atoms. The smallest absolute Gasteiger partial charge is 0.0777 e. The molecule has 0 aromatic rings. The molecule has 3 nitrogen and oxygen atoms in total. The first kappa shape index (κ1) is 11.0. The SMILES string of the molecule is CCCOCC(O)CC1CCOC1. The Kier molecular flexibility index (Phi) is 5.35. The van der Waals surface area contributed by atoms with Crippen LogP contribution < -0.4 is 0 Å². The van der Waals surface area contributed by atoms with Gasteiger partial charge in [-0.05, 0) is 25.2 Å². The van der Waals surface area contributed by atoms with Crippen molar-refractivity contribution >= 4 is 0 Å². The highest BCUT2D eigenvalue weighted by Gasteiger charge is 2.19. The molecule has 1 saturated heterocycles. The Morgan fingerprint density at radius 1 is 1.62 bits per heavy atom. The third-order valence-corrected chi connectivity index (χ3v) is 2.29. The Bertz CT molecular complexity index is 121. The molecule has 78 valence electrons. The number of aliphatic hydroxyl groups is 1. The second kappa shape index (κ2) is 6.35. The van der Waals surface area contributed by atoms with Gasteiger partial charge in [0.1, 0.15) is 0 Å². The molecular formula is C10H20O3. The van der Waals surface area contributed by atoms with Gasteiger partial charge in [0.2, 0.25) is 0 Å². The summed E-state index contributed by atoms with van der Waals surface area (Å²) >= 11 is 0. The van der Waals surface area contributed by atoms with E-state index < -0.39 is 0 Å². The van der Waals surface area contributed by atoms with Crippen molar-refractivity contribution in [3.8, 4) is 0 Å². The molecule has 0 amide bonds. The van der Waals surface area contributed by atoms with Crippen molar-refractivity contribution in [2.75, 3.05) is 26.4 Å². The molecule has 1 aliphatic rings. The molecule has 1 rings (SSSR count). The summed E-state index contributed by atoms with van der Waals surface area (Å²) in [6, 6.07) is 0. The average molecular weight is 188 g/mol. The molecule has 2 unspecified atom stereocenters. The minimum absolute atomic E-state index is 0.307. The maximum absolute atomic E-state index is 9.56. The molecule has 1 N–H and O–H groups in total. The fourth-order valence-electron chi connectivity index (χ4n) is 1.59. The maximum Gasteiger partial charge on any atom is 0.0777 e. The van der Waals surface area contributed by atoms with Gasteiger partial charge in [-0.15, -0.1) is 0 Å². The van der Waals surface area contributed by atoms with Crippen molar-refractivity contribution in [1.29, 1.82) is 0 Å². The van der Waals surface area contributed by atoms with E-state index in [4.69, 9.17) is 9.47 Å². The molecule has 13 heavy (non-hydrogen) atoms. The molecule has 2 atom stereocenters. The maximum atomic E-state index is 9.56. The van der Waals surface area contributed by atoms with Gasteiger partial charge in [0.25, 0.3) is 0 Å². The van der Waals surface area contributed by atoms with Crippen LogP contribution in [0.5, 0.6) is 0 Å². The van der Waals surface area contributed by atoms with E-state index in [1.54, 1.807) is 0 Å². The molecule has 0 aromatic heterocycles. The Hall–Kier alpha value is -0.120. The lowest BCUT2D eigenvalue weighted by atomic mass is 10.0. The number of hydrogen-bond donors (Lipinski definition) is 1. The molecule has 0 aromatic carbocycles. The van der Waals surface area contributed by atoms with E-state index in [0.717, 1.165) is 39.1 Å². The lowest BCUT2D eigenvalue weighted by Gasteiger charge is -2.14. The average Bonchev–Trinajstić information content (AvgIpc) is 2.57. The van der Waals surface area contributed by atoms with Crippen LogP contribution in [-0.4, -0.2) is 37.6 Å². The number of aliphatic hydroxyl groups excluding tert-OH is 1. The highest BCUT2D eigenvalue weighted by atomic mass is 16.5. The molecule has 1 fully saturated rings. The summed E-state index contributed by atoms with van der Waals surface area (Å²) in [7, 11) is 0. The molecule has 3 heteroatoms. The summed E-state index contributed by atoms with van der Waals surface area (Å²) < 4.78 is 10.5. The van der Waals surface area contributed by atoms with Gasteiger partial charge in [-0.25, -0.2) is 0 Å². The van der Waals surface area contributed by atoms with Crippen LogP contribution >= 0.6 is 0 Å². The Morgan fingerprint density at radius 2 is 2.46 bits per heavy atom. The second-order valence-corrected chi connectivity index (χ2v) is 3.69. The minimum atomic E-state index is -0.307. The third-order valence-electron chi connectivity index (χ3n) is 2.29. The van der Waals surface area contributed by atoms with Crippen LogP contribution in [-0.2, 0) is 9.47 Å². The van der Waals surface area contributed by atoms with Crippen LogP contribution in [0.3, 0.4) is 0 Å². The predicted octanol–water partition coefficient (Wildman–Crippen LogP) is 1.20. The lowest BCUT2D eigenvalue weighted by Crippen LogP contribution is -2.20. The van der Waals surface area contributed by atoms with Crippen molar-refractivity contribution in [2.45, 2.75) is 32.3 Å². The van der Waals surface area contributed by atoms with Crippen LogP contribution in [0.15, 0.2) is 0 Å². The standard InChI is InChI=1S/C10H20O3/c1-2-4-12-8-10(11)6-9-3-5-13-7-9/h9-11H,2-8H2,1H3. The highest BCUT2D eigenvalue weighted by molar-refractivity contribution is 4.68. The van der Waals surface area contributed by atoms with Gasteiger partial charge in [-0.3, -0.25) is 0 Å². The van der Waals surface area contributed by atoms with E-state index in [1.165, 1.54) is 0 Å². The zero-order valence-electron chi connectivity index (χ0n) is 8.37. The zero-order valence-corrected chi connectivity index (χ0v) is 8.37. The Balaban J connectivity index is 1.99. The van der Waals surface area contributed by atoms with E-state index in [2.05, 4.69) is 6.92 Å². The van der Waals surface area contributed by atoms with Gasteiger partial charge >= 0.3 is 0 Å². The minimum Gasteiger partial charge on any atom is -0.391 e. The van der Waals surface area contributed by atoms with E-state index >= 15 is 0 Å². The van der Waals surface area contributed by atoms with Gasteiger partial charge in [0, 0.05) is 19.8 Å². The number of hydrogen-bond acceptors (Lipinski definition) is 3. The van der Waals surface area contributed by atoms with Gasteiger partial charge in [0.15, 0.2) is 0 Å².